The van der Waals surface area contributed by atoms with Crippen LogP contribution in [0.15, 0.2) is 42.5 Å². The summed E-state index contributed by atoms with van der Waals surface area (Å²) in [5, 5.41) is 9.43. The van der Waals surface area contributed by atoms with E-state index in [1.165, 1.54) is 11.1 Å². The number of fused-ring (bicyclic) bond motifs is 1. The molecule has 3 nitrogen and oxygen atoms in total. The molecule has 3 rings (SSSR count). The maximum atomic E-state index is 9.43. The molecule has 0 saturated heterocycles. The summed E-state index contributed by atoms with van der Waals surface area (Å²) in [6.07, 6.45) is 0.917. The molecule has 1 N–H and O–H groups in total. The van der Waals surface area contributed by atoms with Gasteiger partial charge >= 0.3 is 0 Å². The van der Waals surface area contributed by atoms with Crippen molar-refractivity contribution in [2.45, 2.75) is 26.1 Å². The van der Waals surface area contributed by atoms with E-state index in [1.807, 2.05) is 31.2 Å². The van der Waals surface area contributed by atoms with E-state index in [2.05, 4.69) is 18.2 Å². The zero-order valence-electron chi connectivity index (χ0n) is 12.2. The highest BCUT2D eigenvalue weighted by Gasteiger charge is 2.21. The van der Waals surface area contributed by atoms with Gasteiger partial charge in [0.1, 0.15) is 18.5 Å². The molecule has 0 saturated carbocycles. The average molecular weight is 284 g/mol. The quantitative estimate of drug-likeness (QED) is 0.937. The van der Waals surface area contributed by atoms with Crippen molar-refractivity contribution >= 4 is 0 Å². The smallest absolute Gasteiger partial charge is 0.127 e. The van der Waals surface area contributed by atoms with E-state index in [0.29, 0.717) is 6.61 Å². The minimum absolute atomic E-state index is 0.0148. The minimum Gasteiger partial charge on any atom is -0.490 e. The highest BCUT2D eigenvalue weighted by atomic mass is 16.5. The maximum Gasteiger partial charge on any atom is 0.127 e. The van der Waals surface area contributed by atoms with Gasteiger partial charge in [-0.05, 0) is 30.0 Å². The number of hydrogen-bond acceptors (Lipinski definition) is 3. The molecule has 2 aromatic carbocycles. The minimum atomic E-state index is -0.0406. The molecule has 1 aliphatic rings. The molecule has 1 unspecified atom stereocenters. The molecule has 0 aromatic heterocycles. The Hall–Kier alpha value is -1.84. The van der Waals surface area contributed by atoms with Gasteiger partial charge in [-0.1, -0.05) is 42.5 Å². The monoisotopic (exact) mass is 284 g/mol. The lowest BCUT2D eigenvalue weighted by atomic mass is 9.98. The van der Waals surface area contributed by atoms with Crippen LogP contribution in [0.2, 0.25) is 0 Å². The fourth-order valence-corrected chi connectivity index (χ4v) is 2.82. The van der Waals surface area contributed by atoms with Gasteiger partial charge in [0.15, 0.2) is 0 Å². The molecule has 21 heavy (non-hydrogen) atoms. The molecule has 0 aliphatic carbocycles. The summed E-state index contributed by atoms with van der Waals surface area (Å²) in [7, 11) is 0. The van der Waals surface area contributed by atoms with Crippen molar-refractivity contribution in [2.75, 3.05) is 13.2 Å². The molecule has 3 heteroatoms. The largest absolute Gasteiger partial charge is 0.490 e. The van der Waals surface area contributed by atoms with Crippen molar-refractivity contribution in [1.82, 2.24) is 0 Å². The molecule has 0 amide bonds. The van der Waals surface area contributed by atoms with Crippen LogP contribution in [-0.2, 0) is 17.8 Å². The molecule has 1 atom stereocenters. The van der Waals surface area contributed by atoms with Gasteiger partial charge in [-0.3, -0.25) is 0 Å². The Bertz CT molecular complexity index is 622. The van der Waals surface area contributed by atoms with Gasteiger partial charge < -0.3 is 14.6 Å². The van der Waals surface area contributed by atoms with Crippen molar-refractivity contribution in [3.05, 3.63) is 64.7 Å². The van der Waals surface area contributed by atoms with Crippen LogP contribution in [-0.4, -0.2) is 18.3 Å². The highest BCUT2D eigenvalue weighted by Crippen LogP contribution is 2.29. The van der Waals surface area contributed by atoms with Crippen LogP contribution < -0.4 is 4.74 Å². The van der Waals surface area contributed by atoms with Crippen LogP contribution >= 0.6 is 0 Å². The van der Waals surface area contributed by atoms with Gasteiger partial charge in [0, 0.05) is 5.56 Å². The van der Waals surface area contributed by atoms with Gasteiger partial charge in [-0.25, -0.2) is 0 Å². The first kappa shape index (κ1) is 14.1. The predicted octanol–water partition coefficient (Wildman–Crippen LogP) is 3.18. The molecule has 1 aliphatic heterocycles. The van der Waals surface area contributed by atoms with E-state index >= 15 is 0 Å². The Labute approximate surface area is 125 Å². The van der Waals surface area contributed by atoms with Crippen LogP contribution in [0.25, 0.3) is 0 Å². The number of benzene rings is 2. The fraction of sp³-hybridized carbons (Fsp3) is 0.333. The zero-order chi connectivity index (χ0) is 14.7. The van der Waals surface area contributed by atoms with E-state index in [0.717, 1.165) is 29.9 Å². The van der Waals surface area contributed by atoms with E-state index in [4.69, 9.17) is 9.47 Å². The molecule has 2 aromatic rings. The van der Waals surface area contributed by atoms with E-state index in [1.54, 1.807) is 0 Å². The first-order chi connectivity index (χ1) is 10.3. The van der Waals surface area contributed by atoms with Crippen molar-refractivity contribution in [1.29, 1.82) is 0 Å². The Morgan fingerprint density at radius 1 is 1.19 bits per heavy atom. The van der Waals surface area contributed by atoms with Gasteiger partial charge in [0.05, 0.1) is 13.2 Å². The summed E-state index contributed by atoms with van der Waals surface area (Å²) in [6.45, 7) is 3.17. The molecular weight excluding hydrogens is 264 g/mol. The first-order valence-electron chi connectivity index (χ1n) is 7.31. The van der Waals surface area contributed by atoms with Crippen molar-refractivity contribution in [2.24, 2.45) is 0 Å². The molecule has 1 heterocycles. The summed E-state index contributed by atoms with van der Waals surface area (Å²) < 4.78 is 11.8. The standard InChI is InChI=1S/C18H20O3/c1-13-5-4-7-15(11-19)18(13)21-12-17-16-8-3-2-6-14(16)9-10-20-17/h2-8,17,19H,9-12H2,1H3. The molecule has 0 bridgehead atoms. The summed E-state index contributed by atoms with van der Waals surface area (Å²) in [5.74, 6) is 0.770. The van der Waals surface area contributed by atoms with Crippen LogP contribution in [0.5, 0.6) is 5.75 Å². The highest BCUT2D eigenvalue weighted by molar-refractivity contribution is 5.40. The average Bonchev–Trinajstić information content (AvgIpc) is 2.53. The number of aliphatic hydroxyl groups excluding tert-OH is 1. The second kappa shape index (κ2) is 6.29. The summed E-state index contributed by atoms with van der Waals surface area (Å²) in [4.78, 5) is 0. The predicted molar refractivity (Wildman–Crippen MR) is 81.4 cm³/mol. The number of aryl methyl sites for hydroxylation is 1. The van der Waals surface area contributed by atoms with Crippen LogP contribution in [0, 0.1) is 6.92 Å². The Morgan fingerprint density at radius 2 is 2.05 bits per heavy atom. The number of aliphatic hydroxyl groups is 1. The van der Waals surface area contributed by atoms with E-state index < -0.39 is 0 Å². The topological polar surface area (TPSA) is 38.7 Å². The lowest BCUT2D eigenvalue weighted by Crippen LogP contribution is -2.22. The SMILES string of the molecule is Cc1cccc(CO)c1OCC1OCCc2ccccc21. The maximum absolute atomic E-state index is 9.43. The van der Waals surface area contributed by atoms with E-state index in [9.17, 15) is 5.11 Å². The van der Waals surface area contributed by atoms with E-state index in [-0.39, 0.29) is 12.7 Å². The number of ether oxygens (including phenoxy) is 2. The van der Waals surface area contributed by atoms with Crippen LogP contribution in [0.3, 0.4) is 0 Å². The number of para-hydroxylation sites is 1. The van der Waals surface area contributed by atoms with Crippen molar-refractivity contribution < 1.29 is 14.6 Å². The van der Waals surface area contributed by atoms with Crippen molar-refractivity contribution in [3.63, 3.8) is 0 Å². The number of hydrogen-bond donors (Lipinski definition) is 1. The molecule has 0 radical (unpaired) electrons. The molecular formula is C18H20O3. The van der Waals surface area contributed by atoms with Crippen molar-refractivity contribution in [3.8, 4) is 5.75 Å². The van der Waals surface area contributed by atoms with Crippen LogP contribution in [0.4, 0.5) is 0 Å². The van der Waals surface area contributed by atoms with Gasteiger partial charge in [0.2, 0.25) is 0 Å². The van der Waals surface area contributed by atoms with Crippen LogP contribution in [0.1, 0.15) is 28.4 Å². The normalized spacial score (nSPS) is 17.3. The molecule has 110 valence electrons. The molecule has 0 fully saturated rings. The summed E-state index contributed by atoms with van der Waals surface area (Å²) in [6, 6.07) is 14.2. The lowest BCUT2D eigenvalue weighted by Gasteiger charge is -2.26. The van der Waals surface area contributed by atoms with Gasteiger partial charge in [-0.2, -0.15) is 0 Å². The second-order valence-electron chi connectivity index (χ2n) is 5.34. The summed E-state index contributed by atoms with van der Waals surface area (Å²) >= 11 is 0. The number of rotatable bonds is 4. The van der Waals surface area contributed by atoms with Gasteiger partial charge in [0.25, 0.3) is 0 Å². The first-order valence-corrected chi connectivity index (χ1v) is 7.31. The van der Waals surface area contributed by atoms with Gasteiger partial charge in [-0.15, -0.1) is 0 Å². The Balaban J connectivity index is 1.78. The zero-order valence-corrected chi connectivity index (χ0v) is 12.2. The Kier molecular flexibility index (Phi) is 4.23. The third-order valence-corrected chi connectivity index (χ3v) is 3.94. The second-order valence-corrected chi connectivity index (χ2v) is 5.34. The summed E-state index contributed by atoms with van der Waals surface area (Å²) in [5.41, 5.74) is 4.40. The third kappa shape index (κ3) is 2.94. The fourth-order valence-electron chi connectivity index (χ4n) is 2.82. The molecule has 0 spiro atoms. The third-order valence-electron chi connectivity index (χ3n) is 3.94. The Morgan fingerprint density at radius 3 is 2.90 bits per heavy atom. The lowest BCUT2D eigenvalue weighted by molar-refractivity contribution is 0.00958.